The number of ether oxygens (including phenoxy) is 1. The van der Waals surface area contributed by atoms with Crippen LogP contribution in [-0.2, 0) is 4.74 Å². The molecule has 2 aromatic rings. The van der Waals surface area contributed by atoms with Gasteiger partial charge >= 0.3 is 5.97 Å². The smallest absolute Gasteiger partial charge is 0.357 e. The molecule has 7 nitrogen and oxygen atoms in total. The van der Waals surface area contributed by atoms with E-state index in [0.717, 1.165) is 4.52 Å². The second-order valence-electron chi connectivity index (χ2n) is 3.57. The molecule has 2 rings (SSSR count). The summed E-state index contributed by atoms with van der Waals surface area (Å²) in [5.74, 6) is -0.667. The maximum absolute atomic E-state index is 12.0. The maximum atomic E-state index is 12.0. The van der Waals surface area contributed by atoms with Crippen LogP contribution in [0.1, 0.15) is 28.5 Å². The number of carbonyl (C=O) groups is 1. The van der Waals surface area contributed by atoms with E-state index in [-0.39, 0.29) is 29.1 Å². The first-order valence-corrected chi connectivity index (χ1v) is 5.28. The number of hydrogen-bond acceptors (Lipinski definition) is 5. The average molecular weight is 246 g/mol. The van der Waals surface area contributed by atoms with Gasteiger partial charge in [0.15, 0.2) is 11.3 Å². The van der Waals surface area contributed by atoms with Crippen molar-refractivity contribution in [2.45, 2.75) is 13.8 Å². The molecular formula is C11H10N4O3. The minimum absolute atomic E-state index is 0.0575. The first-order valence-electron chi connectivity index (χ1n) is 5.28. The van der Waals surface area contributed by atoms with E-state index in [1.807, 2.05) is 6.07 Å². The zero-order valence-corrected chi connectivity index (χ0v) is 9.85. The summed E-state index contributed by atoms with van der Waals surface area (Å²) >= 11 is 0. The van der Waals surface area contributed by atoms with E-state index in [4.69, 9.17) is 10.00 Å². The molecule has 0 spiro atoms. The molecule has 7 heteroatoms. The second kappa shape index (κ2) is 4.33. The van der Waals surface area contributed by atoms with Gasteiger partial charge in [-0.2, -0.15) is 5.26 Å². The summed E-state index contributed by atoms with van der Waals surface area (Å²) in [6.45, 7) is 3.34. The molecule has 0 saturated carbocycles. The molecule has 0 bridgehead atoms. The number of H-pyrrole nitrogens is 1. The van der Waals surface area contributed by atoms with E-state index in [1.54, 1.807) is 6.92 Å². The molecule has 2 aromatic heterocycles. The maximum Gasteiger partial charge on any atom is 0.357 e. The lowest BCUT2D eigenvalue weighted by Crippen LogP contribution is -2.23. The summed E-state index contributed by atoms with van der Waals surface area (Å²) in [4.78, 5) is 27.6. The quantitative estimate of drug-likeness (QED) is 0.772. The van der Waals surface area contributed by atoms with Crippen LogP contribution in [0.2, 0.25) is 0 Å². The van der Waals surface area contributed by atoms with Crippen molar-refractivity contribution in [3.05, 3.63) is 33.4 Å². The number of hydrogen-bond donors (Lipinski definition) is 1. The zero-order chi connectivity index (χ0) is 13.3. The first kappa shape index (κ1) is 11.9. The number of carbonyl (C=O) groups excluding carboxylic acids is 1. The molecule has 92 valence electrons. The molecule has 0 aliphatic carbocycles. The zero-order valence-electron chi connectivity index (χ0n) is 9.85. The number of nitrogens with one attached hydrogen (secondary N) is 1. The Labute approximate surface area is 102 Å². The van der Waals surface area contributed by atoms with Crippen LogP contribution in [0.5, 0.6) is 0 Å². The molecule has 1 N–H and O–H groups in total. The Bertz CT molecular complexity index is 720. The van der Waals surface area contributed by atoms with Crippen LogP contribution in [0, 0.1) is 18.3 Å². The third-order valence-corrected chi connectivity index (χ3v) is 2.48. The highest BCUT2D eigenvalue weighted by Gasteiger charge is 2.19. The topological polar surface area (TPSA) is 100 Å². The number of aromatic amines is 1. The molecule has 18 heavy (non-hydrogen) atoms. The number of aromatic nitrogens is 3. The van der Waals surface area contributed by atoms with Gasteiger partial charge in [-0.1, -0.05) is 0 Å². The summed E-state index contributed by atoms with van der Waals surface area (Å²) in [7, 11) is 0. The van der Waals surface area contributed by atoms with E-state index in [1.165, 1.54) is 13.1 Å². The lowest BCUT2D eigenvalue weighted by Gasteiger charge is -2.04. The second-order valence-corrected chi connectivity index (χ2v) is 3.57. The van der Waals surface area contributed by atoms with Crippen molar-refractivity contribution >= 4 is 11.6 Å². The van der Waals surface area contributed by atoms with Crippen molar-refractivity contribution in [2.24, 2.45) is 0 Å². The van der Waals surface area contributed by atoms with Crippen molar-refractivity contribution in [3.8, 4) is 6.07 Å². The minimum atomic E-state index is -0.667. The van der Waals surface area contributed by atoms with Gasteiger partial charge in [-0.25, -0.2) is 14.3 Å². The molecule has 0 aliphatic heterocycles. The van der Waals surface area contributed by atoms with Gasteiger partial charge in [0, 0.05) is 11.8 Å². The molecule has 0 aromatic carbocycles. The predicted octanol–water partition coefficient (Wildman–Crippen LogP) is 0.379. The Balaban J connectivity index is 2.76. The SMILES string of the molecule is CCOC(=O)c1nc2c(C#N)c[nH]n2c(=O)c1C. The van der Waals surface area contributed by atoms with E-state index in [0.29, 0.717) is 0 Å². The third-order valence-electron chi connectivity index (χ3n) is 2.48. The standard InChI is InChI=1S/C11H10N4O3/c1-3-18-11(17)8-6(2)10(16)15-9(14-8)7(4-12)5-13-15/h5,13H,3H2,1-2H3. The number of esters is 1. The van der Waals surface area contributed by atoms with Crippen LogP contribution < -0.4 is 5.56 Å². The van der Waals surface area contributed by atoms with Crippen LogP contribution in [-0.4, -0.2) is 27.2 Å². The monoisotopic (exact) mass is 246 g/mol. The molecule has 0 radical (unpaired) electrons. The van der Waals surface area contributed by atoms with Crippen molar-refractivity contribution in [1.82, 2.24) is 14.6 Å². The van der Waals surface area contributed by atoms with Gasteiger partial charge < -0.3 is 4.74 Å². The number of rotatable bonds is 2. The fourth-order valence-corrected chi connectivity index (χ4v) is 1.58. The Morgan fingerprint density at radius 2 is 2.39 bits per heavy atom. The van der Waals surface area contributed by atoms with Crippen molar-refractivity contribution in [1.29, 1.82) is 5.26 Å². The fourth-order valence-electron chi connectivity index (χ4n) is 1.58. The number of nitriles is 1. The molecule has 0 saturated heterocycles. The predicted molar refractivity (Wildman–Crippen MR) is 61.2 cm³/mol. The van der Waals surface area contributed by atoms with Crippen LogP contribution in [0.15, 0.2) is 11.0 Å². The largest absolute Gasteiger partial charge is 0.461 e. The summed E-state index contributed by atoms with van der Waals surface area (Å²) in [5.41, 5.74) is 0.00796. The Hall–Kier alpha value is -2.62. The first-order chi connectivity index (χ1) is 8.60. The lowest BCUT2D eigenvalue weighted by molar-refractivity contribution is 0.0518. The number of nitrogens with zero attached hydrogens (tertiary/aromatic N) is 3. The van der Waals surface area contributed by atoms with Gasteiger partial charge in [0.2, 0.25) is 0 Å². The van der Waals surface area contributed by atoms with Crippen LogP contribution in [0.4, 0.5) is 0 Å². The van der Waals surface area contributed by atoms with Gasteiger partial charge in [-0.15, -0.1) is 0 Å². The summed E-state index contributed by atoms with van der Waals surface area (Å²) in [6, 6.07) is 1.89. The van der Waals surface area contributed by atoms with Gasteiger partial charge in [-0.3, -0.25) is 9.89 Å². The highest BCUT2D eigenvalue weighted by Crippen LogP contribution is 2.09. The van der Waals surface area contributed by atoms with Crippen LogP contribution in [0.3, 0.4) is 0 Å². The Morgan fingerprint density at radius 1 is 1.67 bits per heavy atom. The summed E-state index contributed by atoms with van der Waals surface area (Å²) < 4.78 is 5.94. The highest BCUT2D eigenvalue weighted by molar-refractivity contribution is 5.89. The lowest BCUT2D eigenvalue weighted by atomic mass is 10.2. The fraction of sp³-hybridized carbons (Fsp3) is 0.273. The van der Waals surface area contributed by atoms with Gasteiger partial charge in [-0.05, 0) is 13.8 Å². The van der Waals surface area contributed by atoms with Crippen LogP contribution >= 0.6 is 0 Å². The number of fused-ring (bicyclic) bond motifs is 1. The van der Waals surface area contributed by atoms with Gasteiger partial charge in [0.1, 0.15) is 11.6 Å². The Morgan fingerprint density at radius 3 is 3.00 bits per heavy atom. The van der Waals surface area contributed by atoms with Crippen LogP contribution in [0.25, 0.3) is 5.65 Å². The van der Waals surface area contributed by atoms with Crippen molar-refractivity contribution in [2.75, 3.05) is 6.61 Å². The van der Waals surface area contributed by atoms with E-state index < -0.39 is 11.5 Å². The third kappa shape index (κ3) is 1.64. The molecule has 0 fully saturated rings. The minimum Gasteiger partial charge on any atom is -0.461 e. The molecule has 2 heterocycles. The highest BCUT2D eigenvalue weighted by atomic mass is 16.5. The van der Waals surface area contributed by atoms with Crippen molar-refractivity contribution < 1.29 is 9.53 Å². The van der Waals surface area contributed by atoms with E-state index in [9.17, 15) is 9.59 Å². The average Bonchev–Trinajstić information content (AvgIpc) is 2.76. The van der Waals surface area contributed by atoms with E-state index in [2.05, 4.69) is 10.1 Å². The Kier molecular flexibility index (Phi) is 2.85. The van der Waals surface area contributed by atoms with Gasteiger partial charge in [0.05, 0.1) is 6.61 Å². The van der Waals surface area contributed by atoms with Gasteiger partial charge in [0.25, 0.3) is 5.56 Å². The molecule has 0 unspecified atom stereocenters. The van der Waals surface area contributed by atoms with E-state index >= 15 is 0 Å². The van der Waals surface area contributed by atoms with Crippen molar-refractivity contribution in [3.63, 3.8) is 0 Å². The normalized spacial score (nSPS) is 10.3. The molecule has 0 aliphatic rings. The molecule has 0 amide bonds. The molecule has 0 atom stereocenters. The molecular weight excluding hydrogens is 236 g/mol. The summed E-state index contributed by atoms with van der Waals surface area (Å²) in [6.07, 6.45) is 1.36. The summed E-state index contributed by atoms with van der Waals surface area (Å²) in [5, 5.41) is 11.5.